The molecule has 0 spiro atoms. The number of halogens is 3. The number of nitrogens with zero attached hydrogens (tertiary/aromatic N) is 2. The molecule has 0 aromatic heterocycles. The molecule has 0 unspecified atom stereocenters. The quantitative estimate of drug-likeness (QED) is 0.278. The predicted octanol–water partition coefficient (Wildman–Crippen LogP) is 5.56. The van der Waals surface area contributed by atoms with E-state index >= 15 is 0 Å². The summed E-state index contributed by atoms with van der Waals surface area (Å²) in [5.41, 5.74) is 1.62. The Hall–Kier alpha value is -2.95. The molecule has 3 aromatic rings. The molecule has 0 fully saturated rings. The number of sulfonamides is 1. The van der Waals surface area contributed by atoms with Crippen molar-refractivity contribution in [1.29, 1.82) is 0 Å². The molecule has 0 aliphatic carbocycles. The van der Waals surface area contributed by atoms with Gasteiger partial charge in [-0.3, -0.25) is 13.9 Å². The molecule has 0 saturated heterocycles. The number of benzene rings is 3. The number of hydrogen-bond acceptors (Lipinski definition) is 4. The lowest BCUT2D eigenvalue weighted by molar-refractivity contribution is -0.140. The zero-order chi connectivity index (χ0) is 29.4. The summed E-state index contributed by atoms with van der Waals surface area (Å²) >= 11 is 9.37. The summed E-state index contributed by atoms with van der Waals surface area (Å²) in [6.45, 7) is 3.25. The van der Waals surface area contributed by atoms with E-state index in [0.29, 0.717) is 6.42 Å². The summed E-state index contributed by atoms with van der Waals surface area (Å²) in [6.07, 6.45) is 1.86. The van der Waals surface area contributed by atoms with E-state index in [1.165, 1.54) is 11.0 Å². The summed E-state index contributed by atoms with van der Waals surface area (Å²) in [5, 5.41) is 2.70. The van der Waals surface area contributed by atoms with Crippen LogP contribution < -0.4 is 9.62 Å². The van der Waals surface area contributed by atoms with Crippen molar-refractivity contribution in [3.05, 3.63) is 99.2 Å². The third-order valence-electron chi connectivity index (χ3n) is 6.38. The summed E-state index contributed by atoms with van der Waals surface area (Å²) < 4.78 is 41.1. The van der Waals surface area contributed by atoms with Gasteiger partial charge in [0.1, 0.15) is 18.4 Å². The van der Waals surface area contributed by atoms with Crippen LogP contribution >= 0.6 is 27.5 Å². The summed E-state index contributed by atoms with van der Waals surface area (Å²) in [6, 6.07) is 19.0. The summed E-state index contributed by atoms with van der Waals surface area (Å²) in [5.74, 6) is -1.67. The Morgan fingerprint density at radius 2 is 1.70 bits per heavy atom. The molecule has 40 heavy (non-hydrogen) atoms. The third kappa shape index (κ3) is 8.78. The van der Waals surface area contributed by atoms with Crippen molar-refractivity contribution in [2.24, 2.45) is 0 Å². The van der Waals surface area contributed by atoms with Gasteiger partial charge in [0.2, 0.25) is 21.8 Å². The van der Waals surface area contributed by atoms with E-state index < -0.39 is 34.3 Å². The highest BCUT2D eigenvalue weighted by Crippen LogP contribution is 2.25. The fourth-order valence-corrected chi connectivity index (χ4v) is 5.54. The highest BCUT2D eigenvalue weighted by Gasteiger charge is 2.33. The van der Waals surface area contributed by atoms with Crippen molar-refractivity contribution in [3.8, 4) is 0 Å². The second-order valence-corrected chi connectivity index (χ2v) is 12.8. The Morgan fingerprint density at radius 1 is 1.02 bits per heavy atom. The van der Waals surface area contributed by atoms with Crippen molar-refractivity contribution in [2.45, 2.75) is 45.3 Å². The zero-order valence-electron chi connectivity index (χ0n) is 22.5. The van der Waals surface area contributed by atoms with E-state index in [-0.39, 0.29) is 35.6 Å². The molecule has 11 heteroatoms. The van der Waals surface area contributed by atoms with E-state index in [1.807, 2.05) is 68.4 Å². The normalized spacial score (nSPS) is 12.8. The first-order chi connectivity index (χ1) is 18.9. The van der Waals surface area contributed by atoms with Crippen molar-refractivity contribution in [3.63, 3.8) is 0 Å². The molecule has 214 valence electrons. The molecule has 0 saturated carbocycles. The first-order valence-electron chi connectivity index (χ1n) is 12.7. The minimum atomic E-state index is -3.99. The number of carbonyl (C=O) groups is 2. The maximum atomic E-state index is 14.0. The number of hydrogen-bond donors (Lipinski definition) is 1. The molecule has 0 bridgehead atoms. The Morgan fingerprint density at radius 3 is 2.30 bits per heavy atom. The Kier molecular flexibility index (Phi) is 11.1. The fourth-order valence-electron chi connectivity index (χ4n) is 4.08. The largest absolute Gasteiger partial charge is 0.352 e. The Bertz CT molecular complexity index is 1440. The number of nitrogens with one attached hydrogen (secondary N) is 1. The van der Waals surface area contributed by atoms with Crippen LogP contribution in [-0.2, 0) is 32.6 Å². The van der Waals surface area contributed by atoms with Crippen LogP contribution in [0.4, 0.5) is 10.1 Å². The van der Waals surface area contributed by atoms with Crippen LogP contribution in [0.5, 0.6) is 0 Å². The number of carbonyl (C=O) groups excluding carboxylic acids is 2. The van der Waals surface area contributed by atoms with Gasteiger partial charge in [-0.25, -0.2) is 12.8 Å². The van der Waals surface area contributed by atoms with Crippen LogP contribution in [0.15, 0.2) is 77.3 Å². The third-order valence-corrected chi connectivity index (χ3v) is 8.31. The second-order valence-electron chi connectivity index (χ2n) is 9.54. The minimum absolute atomic E-state index is 0.0355. The monoisotopic (exact) mass is 651 g/mol. The lowest BCUT2D eigenvalue weighted by Crippen LogP contribution is -2.54. The van der Waals surface area contributed by atoms with Gasteiger partial charge in [0.25, 0.3) is 0 Å². The second kappa shape index (κ2) is 14.1. The lowest BCUT2D eigenvalue weighted by atomic mass is 10.0. The molecule has 1 N–H and O–H groups in total. The van der Waals surface area contributed by atoms with Crippen molar-refractivity contribution in [2.75, 3.05) is 17.1 Å². The molecule has 2 atom stereocenters. The van der Waals surface area contributed by atoms with Gasteiger partial charge in [0.15, 0.2) is 0 Å². The molecule has 7 nitrogen and oxygen atoms in total. The average Bonchev–Trinajstić information content (AvgIpc) is 2.90. The van der Waals surface area contributed by atoms with Gasteiger partial charge in [-0.2, -0.15) is 0 Å². The van der Waals surface area contributed by atoms with E-state index in [4.69, 9.17) is 11.6 Å². The highest BCUT2D eigenvalue weighted by molar-refractivity contribution is 9.10. The van der Waals surface area contributed by atoms with Gasteiger partial charge < -0.3 is 10.2 Å². The standard InChI is InChI=1S/C29H32BrClFN3O4S/c1-4-20(2)33-29(37)27(16-21-9-6-5-7-10-21)34(18-22-11-8-12-23(30)15-22)28(36)19-35(40(3,38)39)24-13-14-26(32)25(31)17-24/h5-15,17,20,27H,4,16,18-19H2,1-3H3,(H,33,37)/t20-,27-/m1/s1. The van der Waals surface area contributed by atoms with Gasteiger partial charge >= 0.3 is 0 Å². The maximum Gasteiger partial charge on any atom is 0.244 e. The van der Waals surface area contributed by atoms with Crippen LogP contribution in [0.3, 0.4) is 0 Å². The molecule has 0 aliphatic rings. The van der Waals surface area contributed by atoms with Gasteiger partial charge in [-0.1, -0.05) is 76.9 Å². The Labute approximate surface area is 248 Å². The van der Waals surface area contributed by atoms with Gasteiger partial charge in [-0.15, -0.1) is 0 Å². The number of rotatable bonds is 12. The molecule has 0 heterocycles. The maximum absolute atomic E-state index is 14.0. The summed E-state index contributed by atoms with van der Waals surface area (Å²) in [7, 11) is -3.99. The topological polar surface area (TPSA) is 86.8 Å². The lowest BCUT2D eigenvalue weighted by Gasteiger charge is -2.34. The van der Waals surface area contributed by atoms with Crippen LogP contribution in [0.25, 0.3) is 0 Å². The van der Waals surface area contributed by atoms with Crippen LogP contribution in [-0.4, -0.2) is 50.0 Å². The van der Waals surface area contributed by atoms with E-state index in [1.54, 1.807) is 0 Å². The first-order valence-corrected chi connectivity index (χ1v) is 15.7. The van der Waals surface area contributed by atoms with E-state index in [2.05, 4.69) is 21.2 Å². The number of anilines is 1. The summed E-state index contributed by atoms with van der Waals surface area (Å²) in [4.78, 5) is 29.1. The van der Waals surface area contributed by atoms with E-state index in [0.717, 1.165) is 38.3 Å². The number of amides is 2. The molecular weight excluding hydrogens is 621 g/mol. The molecule has 0 aliphatic heterocycles. The highest BCUT2D eigenvalue weighted by atomic mass is 79.9. The van der Waals surface area contributed by atoms with Crippen molar-refractivity contribution < 1.29 is 22.4 Å². The van der Waals surface area contributed by atoms with E-state index in [9.17, 15) is 22.4 Å². The molecule has 0 radical (unpaired) electrons. The zero-order valence-corrected chi connectivity index (χ0v) is 25.6. The molecule has 3 rings (SSSR count). The predicted molar refractivity (Wildman–Crippen MR) is 160 cm³/mol. The van der Waals surface area contributed by atoms with Gasteiger partial charge in [0.05, 0.1) is 17.0 Å². The van der Waals surface area contributed by atoms with Crippen molar-refractivity contribution >= 4 is 55.1 Å². The average molecular weight is 653 g/mol. The van der Waals surface area contributed by atoms with Crippen LogP contribution in [0.2, 0.25) is 5.02 Å². The van der Waals surface area contributed by atoms with Gasteiger partial charge in [-0.05, 0) is 54.8 Å². The van der Waals surface area contributed by atoms with Gasteiger partial charge in [0, 0.05) is 23.5 Å². The minimum Gasteiger partial charge on any atom is -0.352 e. The molecule has 2 amide bonds. The molecular formula is C29H32BrClFN3O4S. The van der Waals surface area contributed by atoms with Crippen molar-refractivity contribution in [1.82, 2.24) is 10.2 Å². The molecule has 3 aromatic carbocycles. The first kappa shape index (κ1) is 31.6. The Balaban J connectivity index is 2.07. The van der Waals surface area contributed by atoms with Crippen LogP contribution in [0, 0.1) is 5.82 Å². The fraction of sp³-hybridized carbons (Fsp3) is 0.310. The van der Waals surface area contributed by atoms with Crippen LogP contribution in [0.1, 0.15) is 31.4 Å². The smallest absolute Gasteiger partial charge is 0.244 e. The SMILES string of the molecule is CC[C@@H](C)NC(=O)[C@@H](Cc1ccccc1)N(Cc1cccc(Br)c1)C(=O)CN(c1ccc(F)c(Cl)c1)S(C)(=O)=O.